The molecule has 2 aromatic heterocycles. The van der Waals surface area contributed by atoms with Crippen LogP contribution in [0.5, 0.6) is 0 Å². The zero-order valence-corrected chi connectivity index (χ0v) is 14.9. The second kappa shape index (κ2) is 6.18. The highest BCUT2D eigenvalue weighted by Gasteiger charge is 2.25. The molecule has 0 saturated carbocycles. The van der Waals surface area contributed by atoms with E-state index in [4.69, 9.17) is 4.74 Å². The molecule has 0 bridgehead atoms. The third-order valence-corrected chi connectivity index (χ3v) is 4.60. The van der Waals surface area contributed by atoms with Gasteiger partial charge in [-0.25, -0.2) is 9.78 Å². The molecule has 0 unspecified atom stereocenters. The summed E-state index contributed by atoms with van der Waals surface area (Å²) in [6.07, 6.45) is 0.343. The van der Waals surface area contributed by atoms with Crippen molar-refractivity contribution >= 4 is 11.2 Å². The number of aryl methyl sites for hydroxylation is 2. The summed E-state index contributed by atoms with van der Waals surface area (Å²) in [6, 6.07) is 0. The Kier molecular flexibility index (Phi) is 4.35. The van der Waals surface area contributed by atoms with Crippen molar-refractivity contribution in [3.8, 4) is 0 Å². The Morgan fingerprint density at radius 2 is 1.75 bits per heavy atom. The highest BCUT2D eigenvalue weighted by molar-refractivity contribution is 5.71. The van der Waals surface area contributed by atoms with Crippen molar-refractivity contribution in [1.29, 1.82) is 0 Å². The van der Waals surface area contributed by atoms with Gasteiger partial charge in [0.2, 0.25) is 0 Å². The maximum absolute atomic E-state index is 12.5. The molecular formula is C16H25N5O3. The largest absolute Gasteiger partial charge is 0.373 e. The Hall–Kier alpha value is -1.93. The van der Waals surface area contributed by atoms with Gasteiger partial charge in [0.05, 0.1) is 18.8 Å². The predicted molar refractivity (Wildman–Crippen MR) is 91.2 cm³/mol. The fourth-order valence-corrected chi connectivity index (χ4v) is 3.57. The molecule has 0 spiro atoms. The molecule has 2 aromatic rings. The minimum absolute atomic E-state index is 0.172. The third-order valence-electron chi connectivity index (χ3n) is 4.60. The van der Waals surface area contributed by atoms with Crippen molar-refractivity contribution in [2.75, 3.05) is 13.1 Å². The van der Waals surface area contributed by atoms with Gasteiger partial charge in [-0.2, -0.15) is 0 Å². The topological polar surface area (TPSA) is 74.3 Å². The van der Waals surface area contributed by atoms with Crippen LogP contribution in [0.1, 0.15) is 26.6 Å². The first kappa shape index (κ1) is 16.9. The van der Waals surface area contributed by atoms with E-state index in [1.807, 2.05) is 11.5 Å². The normalized spacial score (nSPS) is 22.4. The van der Waals surface area contributed by atoms with Crippen LogP contribution >= 0.6 is 0 Å². The first-order chi connectivity index (χ1) is 11.3. The number of rotatable bonds is 3. The highest BCUT2D eigenvalue weighted by atomic mass is 16.5. The van der Waals surface area contributed by atoms with E-state index in [9.17, 15) is 9.59 Å². The maximum Gasteiger partial charge on any atom is 0.332 e. The van der Waals surface area contributed by atoms with Crippen molar-refractivity contribution in [2.45, 2.75) is 46.1 Å². The SMILES string of the molecule is CCn1c(CN2C[C@@H](C)O[C@H](C)C2)nc2c1c(=O)n(C)c(=O)n2C. The Morgan fingerprint density at radius 3 is 2.33 bits per heavy atom. The maximum atomic E-state index is 12.5. The minimum atomic E-state index is -0.353. The molecule has 0 N–H and O–H groups in total. The second-order valence-electron chi connectivity index (χ2n) is 6.60. The number of hydrogen-bond donors (Lipinski definition) is 0. The fourth-order valence-electron chi connectivity index (χ4n) is 3.57. The van der Waals surface area contributed by atoms with Crippen LogP contribution in [0.4, 0.5) is 0 Å². The van der Waals surface area contributed by atoms with Gasteiger partial charge in [-0.3, -0.25) is 18.8 Å². The van der Waals surface area contributed by atoms with E-state index in [1.54, 1.807) is 7.05 Å². The smallest absolute Gasteiger partial charge is 0.332 e. The zero-order chi connectivity index (χ0) is 17.6. The lowest BCUT2D eigenvalue weighted by molar-refractivity contribution is -0.0712. The third kappa shape index (κ3) is 2.69. The molecular weight excluding hydrogens is 310 g/mol. The second-order valence-corrected chi connectivity index (χ2v) is 6.60. The fraction of sp³-hybridized carbons (Fsp3) is 0.688. The Bertz CT molecular complexity index is 868. The van der Waals surface area contributed by atoms with Gasteiger partial charge in [-0.1, -0.05) is 0 Å². The van der Waals surface area contributed by atoms with Crippen molar-refractivity contribution in [3.05, 3.63) is 26.7 Å². The molecule has 3 rings (SSSR count). The summed E-state index contributed by atoms with van der Waals surface area (Å²) in [5, 5.41) is 0. The number of morpholine rings is 1. The number of imidazole rings is 1. The van der Waals surface area contributed by atoms with Crippen LogP contribution in [0.3, 0.4) is 0 Å². The molecule has 0 radical (unpaired) electrons. The molecule has 0 aliphatic carbocycles. The van der Waals surface area contributed by atoms with Crippen molar-refractivity contribution in [2.24, 2.45) is 14.1 Å². The number of ether oxygens (including phenoxy) is 1. The van der Waals surface area contributed by atoms with E-state index < -0.39 is 0 Å². The summed E-state index contributed by atoms with van der Waals surface area (Å²) >= 11 is 0. The van der Waals surface area contributed by atoms with Gasteiger partial charge in [0, 0.05) is 33.7 Å². The van der Waals surface area contributed by atoms with Crippen LogP contribution in [0.2, 0.25) is 0 Å². The van der Waals surface area contributed by atoms with E-state index in [1.165, 1.54) is 11.6 Å². The predicted octanol–water partition coefficient (Wildman–Crippen LogP) is 0.0628. The summed E-state index contributed by atoms with van der Waals surface area (Å²) < 4.78 is 10.3. The van der Waals surface area contributed by atoms with E-state index in [-0.39, 0.29) is 23.5 Å². The molecule has 1 fully saturated rings. The van der Waals surface area contributed by atoms with Crippen molar-refractivity contribution < 1.29 is 4.74 Å². The summed E-state index contributed by atoms with van der Waals surface area (Å²) in [5.41, 5.74) is 0.298. The lowest BCUT2D eigenvalue weighted by atomic mass is 10.2. The number of fused-ring (bicyclic) bond motifs is 1. The van der Waals surface area contributed by atoms with Crippen LogP contribution in [-0.4, -0.2) is 48.9 Å². The highest BCUT2D eigenvalue weighted by Crippen LogP contribution is 2.17. The lowest BCUT2D eigenvalue weighted by Gasteiger charge is -2.35. The monoisotopic (exact) mass is 335 g/mol. The minimum Gasteiger partial charge on any atom is -0.373 e. The molecule has 1 aliphatic heterocycles. The van der Waals surface area contributed by atoms with Crippen molar-refractivity contribution in [1.82, 2.24) is 23.6 Å². The number of nitrogens with zero attached hydrogens (tertiary/aromatic N) is 5. The Morgan fingerprint density at radius 1 is 1.12 bits per heavy atom. The van der Waals surface area contributed by atoms with E-state index in [0.29, 0.717) is 24.3 Å². The van der Waals surface area contributed by atoms with Gasteiger partial charge < -0.3 is 9.30 Å². The average molecular weight is 335 g/mol. The molecule has 1 aliphatic rings. The molecule has 8 nitrogen and oxygen atoms in total. The molecule has 2 atom stereocenters. The van der Waals surface area contributed by atoms with Gasteiger partial charge in [0.25, 0.3) is 5.56 Å². The van der Waals surface area contributed by atoms with Crippen LogP contribution < -0.4 is 11.2 Å². The number of hydrogen-bond acceptors (Lipinski definition) is 5. The van der Waals surface area contributed by atoms with Crippen LogP contribution in [0, 0.1) is 0 Å². The summed E-state index contributed by atoms with van der Waals surface area (Å²) in [5.74, 6) is 0.812. The summed E-state index contributed by atoms with van der Waals surface area (Å²) in [7, 11) is 3.15. The first-order valence-corrected chi connectivity index (χ1v) is 8.36. The summed E-state index contributed by atoms with van der Waals surface area (Å²) in [6.45, 7) is 9.03. The molecule has 1 saturated heterocycles. The van der Waals surface area contributed by atoms with E-state index in [0.717, 1.165) is 23.5 Å². The van der Waals surface area contributed by atoms with Crippen molar-refractivity contribution in [3.63, 3.8) is 0 Å². The molecule has 8 heteroatoms. The van der Waals surface area contributed by atoms with Gasteiger partial charge in [-0.05, 0) is 20.8 Å². The molecule has 3 heterocycles. The average Bonchev–Trinajstić information content (AvgIpc) is 2.88. The lowest BCUT2D eigenvalue weighted by Crippen LogP contribution is -2.45. The Balaban J connectivity index is 2.09. The Labute approximate surface area is 140 Å². The van der Waals surface area contributed by atoms with Crippen LogP contribution in [-0.2, 0) is 31.9 Å². The standard InChI is InChI=1S/C16H25N5O3/c1-6-21-12(9-20-7-10(2)24-11(3)8-20)17-14-13(21)15(22)19(5)16(23)18(14)4/h10-11H,6-9H2,1-5H3/t10-,11-/m1/s1. The molecule has 0 amide bonds. The van der Waals surface area contributed by atoms with Gasteiger partial charge >= 0.3 is 5.69 Å². The quantitative estimate of drug-likeness (QED) is 0.793. The van der Waals surface area contributed by atoms with E-state index >= 15 is 0 Å². The summed E-state index contributed by atoms with van der Waals surface area (Å²) in [4.78, 5) is 31.6. The number of aromatic nitrogens is 4. The van der Waals surface area contributed by atoms with Crippen LogP contribution in [0.25, 0.3) is 11.2 Å². The van der Waals surface area contributed by atoms with Gasteiger partial charge in [0.15, 0.2) is 11.2 Å². The zero-order valence-electron chi connectivity index (χ0n) is 14.9. The van der Waals surface area contributed by atoms with E-state index in [2.05, 4.69) is 23.7 Å². The molecule has 132 valence electrons. The first-order valence-electron chi connectivity index (χ1n) is 8.36. The molecule has 0 aromatic carbocycles. The van der Waals surface area contributed by atoms with Gasteiger partial charge in [-0.15, -0.1) is 0 Å². The van der Waals surface area contributed by atoms with Crippen LogP contribution in [0.15, 0.2) is 9.59 Å². The van der Waals surface area contributed by atoms with Gasteiger partial charge in [0.1, 0.15) is 5.82 Å². The molecule has 24 heavy (non-hydrogen) atoms.